The Kier molecular flexibility index (Phi) is 4.83. The molecule has 0 aliphatic carbocycles. The Bertz CT molecular complexity index is 892. The maximum Gasteiger partial charge on any atom is 0.268 e. The predicted octanol–water partition coefficient (Wildman–Crippen LogP) is 4.04. The van der Waals surface area contributed by atoms with Crippen LogP contribution in [0.2, 0.25) is 0 Å². The van der Waals surface area contributed by atoms with E-state index < -0.39 is 6.10 Å². The first kappa shape index (κ1) is 17.2. The Morgan fingerprint density at radius 1 is 0.889 bits per heavy atom. The summed E-state index contributed by atoms with van der Waals surface area (Å²) < 4.78 is 17.4. The van der Waals surface area contributed by atoms with E-state index >= 15 is 0 Å². The Morgan fingerprint density at radius 2 is 1.59 bits per heavy atom. The zero-order valence-corrected chi connectivity index (χ0v) is 15.1. The number of para-hydroxylation sites is 2. The second-order valence-electron chi connectivity index (χ2n) is 6.57. The van der Waals surface area contributed by atoms with Gasteiger partial charge in [-0.15, -0.1) is 0 Å². The number of carbonyl (C=O) groups is 1. The molecule has 138 valence electrons. The van der Waals surface area contributed by atoms with Gasteiger partial charge in [0.2, 0.25) is 6.10 Å². The van der Waals surface area contributed by atoms with Crippen molar-refractivity contribution in [3.63, 3.8) is 0 Å². The first-order valence-corrected chi connectivity index (χ1v) is 8.98. The second-order valence-corrected chi connectivity index (χ2v) is 6.57. The van der Waals surface area contributed by atoms with Crippen molar-refractivity contribution in [1.82, 2.24) is 4.90 Å². The average Bonchev–Trinajstić information content (AvgIpc) is 3.20. The van der Waals surface area contributed by atoms with Gasteiger partial charge in [0, 0.05) is 6.54 Å². The molecular formula is C22H21NO4. The van der Waals surface area contributed by atoms with Crippen LogP contribution in [0.5, 0.6) is 11.5 Å². The molecular weight excluding hydrogens is 342 g/mol. The molecule has 0 radical (unpaired) electrons. The van der Waals surface area contributed by atoms with Crippen molar-refractivity contribution in [3.05, 3.63) is 84.3 Å². The smallest absolute Gasteiger partial charge is 0.268 e. The van der Waals surface area contributed by atoms with Crippen molar-refractivity contribution in [1.29, 1.82) is 0 Å². The highest BCUT2D eigenvalue weighted by Gasteiger charge is 2.37. The summed E-state index contributed by atoms with van der Waals surface area (Å²) in [4.78, 5) is 15.1. The second kappa shape index (κ2) is 7.58. The van der Waals surface area contributed by atoms with E-state index in [9.17, 15) is 4.79 Å². The molecule has 4 rings (SSSR count). The van der Waals surface area contributed by atoms with Crippen LogP contribution in [0.15, 0.2) is 77.4 Å². The SMILES string of the molecule is CC1Oc2ccccc2OC1C(=O)N(Cc1ccccc1)Cc1ccco1. The van der Waals surface area contributed by atoms with E-state index in [4.69, 9.17) is 13.9 Å². The van der Waals surface area contributed by atoms with E-state index in [2.05, 4.69) is 0 Å². The fraction of sp³-hybridized carbons (Fsp3) is 0.227. The van der Waals surface area contributed by atoms with Crippen molar-refractivity contribution in [3.8, 4) is 11.5 Å². The highest BCUT2D eigenvalue weighted by atomic mass is 16.6. The van der Waals surface area contributed by atoms with Crippen molar-refractivity contribution < 1.29 is 18.7 Å². The highest BCUT2D eigenvalue weighted by Crippen LogP contribution is 2.34. The fourth-order valence-electron chi connectivity index (χ4n) is 3.18. The average molecular weight is 363 g/mol. The molecule has 2 heterocycles. The minimum atomic E-state index is -0.710. The molecule has 0 spiro atoms. The molecule has 0 fully saturated rings. The number of hydrogen-bond donors (Lipinski definition) is 0. The van der Waals surface area contributed by atoms with Crippen LogP contribution in [-0.2, 0) is 17.9 Å². The van der Waals surface area contributed by atoms with Crippen LogP contribution in [0.25, 0.3) is 0 Å². The van der Waals surface area contributed by atoms with E-state index in [1.54, 1.807) is 11.2 Å². The lowest BCUT2D eigenvalue weighted by Gasteiger charge is -2.34. The van der Waals surface area contributed by atoms with E-state index in [1.807, 2.05) is 73.7 Å². The molecule has 3 aromatic rings. The van der Waals surface area contributed by atoms with E-state index in [0.717, 1.165) is 11.3 Å². The summed E-state index contributed by atoms with van der Waals surface area (Å²) in [6, 6.07) is 21.0. The zero-order valence-electron chi connectivity index (χ0n) is 15.1. The minimum absolute atomic E-state index is 0.128. The minimum Gasteiger partial charge on any atom is -0.482 e. The summed E-state index contributed by atoms with van der Waals surface area (Å²) in [7, 11) is 0. The first-order chi connectivity index (χ1) is 13.2. The molecule has 0 saturated carbocycles. The number of nitrogens with zero attached hydrogens (tertiary/aromatic N) is 1. The van der Waals surface area contributed by atoms with Crippen molar-refractivity contribution in [2.75, 3.05) is 0 Å². The molecule has 2 unspecified atom stereocenters. The van der Waals surface area contributed by atoms with Crippen molar-refractivity contribution in [2.45, 2.75) is 32.2 Å². The molecule has 1 aromatic heterocycles. The number of hydrogen-bond acceptors (Lipinski definition) is 4. The molecule has 2 aromatic carbocycles. The third-order valence-corrected chi connectivity index (χ3v) is 4.54. The van der Waals surface area contributed by atoms with E-state index in [0.29, 0.717) is 24.6 Å². The molecule has 0 saturated heterocycles. The number of furan rings is 1. The first-order valence-electron chi connectivity index (χ1n) is 8.98. The van der Waals surface area contributed by atoms with Gasteiger partial charge >= 0.3 is 0 Å². The number of rotatable bonds is 5. The van der Waals surface area contributed by atoms with Gasteiger partial charge in [0.25, 0.3) is 5.91 Å². The van der Waals surface area contributed by atoms with Gasteiger partial charge in [-0.2, -0.15) is 0 Å². The molecule has 1 aliphatic rings. The summed E-state index contributed by atoms with van der Waals surface area (Å²) >= 11 is 0. The van der Waals surface area contributed by atoms with Gasteiger partial charge in [-0.25, -0.2) is 0 Å². The van der Waals surface area contributed by atoms with Gasteiger partial charge in [-0.3, -0.25) is 4.79 Å². The van der Waals surface area contributed by atoms with Gasteiger partial charge in [0.1, 0.15) is 11.9 Å². The summed E-state index contributed by atoms with van der Waals surface area (Å²) in [6.07, 6.45) is 0.514. The standard InChI is InChI=1S/C22H21NO4/c1-16-21(27-20-12-6-5-11-19(20)26-16)22(24)23(15-18-10-7-13-25-18)14-17-8-3-2-4-9-17/h2-13,16,21H,14-15H2,1H3. The summed E-state index contributed by atoms with van der Waals surface area (Å²) in [5.41, 5.74) is 1.04. The maximum absolute atomic E-state index is 13.3. The van der Waals surface area contributed by atoms with Crippen LogP contribution in [0.1, 0.15) is 18.2 Å². The maximum atomic E-state index is 13.3. The Hall–Kier alpha value is -3.21. The Morgan fingerprint density at radius 3 is 2.30 bits per heavy atom. The third kappa shape index (κ3) is 3.82. The molecule has 5 nitrogen and oxygen atoms in total. The third-order valence-electron chi connectivity index (χ3n) is 4.54. The van der Waals surface area contributed by atoms with Gasteiger partial charge in [0.05, 0.1) is 12.8 Å². The molecule has 1 aliphatic heterocycles. The van der Waals surface area contributed by atoms with Gasteiger partial charge in [0.15, 0.2) is 11.5 Å². The molecule has 5 heteroatoms. The van der Waals surface area contributed by atoms with Crippen molar-refractivity contribution in [2.24, 2.45) is 0 Å². The molecule has 2 atom stereocenters. The number of amides is 1. The summed E-state index contributed by atoms with van der Waals surface area (Å²) in [6.45, 7) is 2.69. The van der Waals surface area contributed by atoms with Crippen LogP contribution in [0.4, 0.5) is 0 Å². The van der Waals surface area contributed by atoms with E-state index in [-0.39, 0.29) is 12.0 Å². The monoisotopic (exact) mass is 363 g/mol. The van der Waals surface area contributed by atoms with Crippen molar-refractivity contribution >= 4 is 5.91 Å². The number of fused-ring (bicyclic) bond motifs is 1. The number of ether oxygens (including phenoxy) is 2. The zero-order chi connectivity index (χ0) is 18.6. The quantitative estimate of drug-likeness (QED) is 0.687. The largest absolute Gasteiger partial charge is 0.482 e. The molecule has 0 N–H and O–H groups in total. The van der Waals surface area contributed by atoms with Crippen LogP contribution < -0.4 is 9.47 Å². The highest BCUT2D eigenvalue weighted by molar-refractivity contribution is 5.82. The predicted molar refractivity (Wildman–Crippen MR) is 100 cm³/mol. The van der Waals surface area contributed by atoms with E-state index in [1.165, 1.54) is 0 Å². The fourth-order valence-corrected chi connectivity index (χ4v) is 3.18. The lowest BCUT2D eigenvalue weighted by molar-refractivity contribution is -0.146. The van der Waals surface area contributed by atoms with Gasteiger partial charge < -0.3 is 18.8 Å². The molecule has 0 bridgehead atoms. The van der Waals surface area contributed by atoms with Gasteiger partial charge in [-0.05, 0) is 36.8 Å². The lowest BCUT2D eigenvalue weighted by Crippen LogP contribution is -2.50. The van der Waals surface area contributed by atoms with Crippen LogP contribution in [0, 0.1) is 0 Å². The molecule has 27 heavy (non-hydrogen) atoms. The van der Waals surface area contributed by atoms with Crippen LogP contribution in [0.3, 0.4) is 0 Å². The van der Waals surface area contributed by atoms with Crippen LogP contribution in [-0.4, -0.2) is 23.0 Å². The number of benzene rings is 2. The topological polar surface area (TPSA) is 51.9 Å². The lowest BCUT2D eigenvalue weighted by atomic mass is 10.1. The van der Waals surface area contributed by atoms with Crippen LogP contribution >= 0.6 is 0 Å². The Balaban J connectivity index is 1.58. The Labute approximate surface area is 158 Å². The summed E-state index contributed by atoms with van der Waals surface area (Å²) in [5.74, 6) is 1.85. The summed E-state index contributed by atoms with van der Waals surface area (Å²) in [5, 5.41) is 0. The number of carbonyl (C=O) groups excluding carboxylic acids is 1. The van der Waals surface area contributed by atoms with Gasteiger partial charge in [-0.1, -0.05) is 42.5 Å². The molecule has 1 amide bonds. The normalized spacial score (nSPS) is 18.1.